The third kappa shape index (κ3) is 24.1. The zero-order chi connectivity index (χ0) is 29.8. The van der Waals surface area contributed by atoms with Crippen LogP contribution in [0.3, 0.4) is 0 Å². The van der Waals surface area contributed by atoms with Crippen LogP contribution < -0.4 is 0 Å². The van der Waals surface area contributed by atoms with E-state index in [-0.39, 0.29) is 43.1 Å². The molecule has 0 aromatic heterocycles. The molecule has 1 saturated carbocycles. The van der Waals surface area contributed by atoms with Crippen molar-refractivity contribution in [3.05, 3.63) is 0 Å². The second kappa shape index (κ2) is 29.3. The Balaban J connectivity index is -0.000000394. The summed E-state index contributed by atoms with van der Waals surface area (Å²) in [5, 5.41) is 0. The third-order valence-corrected chi connectivity index (χ3v) is 5.58. The SMILES string of the molecule is C1CCCC1.CC.CC.CCC(=O)OC.CCC1CC(=O)OC1=O.CCC1CCOC1.O=C1CCC(=O)O1. The lowest BCUT2D eigenvalue weighted by molar-refractivity contribution is -0.154. The van der Waals surface area contributed by atoms with E-state index >= 15 is 0 Å². The summed E-state index contributed by atoms with van der Waals surface area (Å²) in [4.78, 5) is 50.9. The molecule has 0 radical (unpaired) electrons. The molecule has 0 bridgehead atoms. The van der Waals surface area contributed by atoms with Gasteiger partial charge >= 0.3 is 29.8 Å². The fraction of sp³-hybridized carbons (Fsp3) is 0.828. The second-order valence-corrected chi connectivity index (χ2v) is 8.28. The Morgan fingerprint density at radius 3 is 1.45 bits per heavy atom. The van der Waals surface area contributed by atoms with E-state index in [9.17, 15) is 24.0 Å². The van der Waals surface area contributed by atoms with Gasteiger partial charge in [-0.1, -0.05) is 87.0 Å². The lowest BCUT2D eigenvalue weighted by atomic mass is 10.1. The lowest BCUT2D eigenvalue weighted by Crippen LogP contribution is -2.04. The minimum Gasteiger partial charge on any atom is -0.469 e. The van der Waals surface area contributed by atoms with Crippen molar-refractivity contribution in [2.45, 2.75) is 126 Å². The van der Waals surface area contributed by atoms with Crippen LogP contribution in [0.1, 0.15) is 126 Å². The molecule has 224 valence electrons. The first kappa shape index (κ1) is 40.2. The molecule has 3 saturated heterocycles. The average molecular weight is 547 g/mol. The summed E-state index contributed by atoms with van der Waals surface area (Å²) in [6.07, 6.45) is 12.0. The van der Waals surface area contributed by atoms with E-state index < -0.39 is 11.9 Å². The number of carbonyl (C=O) groups is 5. The maximum Gasteiger partial charge on any atom is 0.317 e. The number of carbonyl (C=O) groups excluding carboxylic acids is 5. The molecule has 9 heteroatoms. The molecule has 0 aromatic rings. The summed E-state index contributed by atoms with van der Waals surface area (Å²) in [7, 11) is 1.38. The van der Waals surface area contributed by atoms with Crippen molar-refractivity contribution in [1.82, 2.24) is 0 Å². The molecule has 0 spiro atoms. The van der Waals surface area contributed by atoms with Crippen LogP contribution in [0, 0.1) is 11.8 Å². The molecule has 1 aliphatic carbocycles. The van der Waals surface area contributed by atoms with Crippen LogP contribution in [0.15, 0.2) is 0 Å². The van der Waals surface area contributed by atoms with Gasteiger partial charge in [-0.3, -0.25) is 24.0 Å². The van der Waals surface area contributed by atoms with Crippen molar-refractivity contribution in [1.29, 1.82) is 0 Å². The van der Waals surface area contributed by atoms with Crippen LogP contribution in [0.2, 0.25) is 0 Å². The molecule has 0 amide bonds. The Labute approximate surface area is 230 Å². The molecule has 0 N–H and O–H groups in total. The molecule has 4 aliphatic rings. The van der Waals surface area contributed by atoms with E-state index in [1.807, 2.05) is 34.6 Å². The van der Waals surface area contributed by atoms with Gasteiger partial charge in [-0.2, -0.15) is 0 Å². The summed E-state index contributed by atoms with van der Waals surface area (Å²) in [6.45, 7) is 15.9. The van der Waals surface area contributed by atoms with Gasteiger partial charge in [-0.05, 0) is 18.8 Å². The highest BCUT2D eigenvalue weighted by Crippen LogP contribution is 2.18. The number of ether oxygens (including phenoxy) is 4. The minimum absolute atomic E-state index is 0.157. The summed E-state index contributed by atoms with van der Waals surface area (Å²) >= 11 is 0. The molecule has 38 heavy (non-hydrogen) atoms. The highest BCUT2D eigenvalue weighted by atomic mass is 16.6. The zero-order valence-electron chi connectivity index (χ0n) is 25.2. The zero-order valence-corrected chi connectivity index (χ0v) is 25.2. The van der Waals surface area contributed by atoms with Crippen molar-refractivity contribution in [3.8, 4) is 0 Å². The molecule has 4 fully saturated rings. The Morgan fingerprint density at radius 2 is 1.29 bits per heavy atom. The molecule has 2 atom stereocenters. The van der Waals surface area contributed by atoms with Crippen LogP contribution in [0.4, 0.5) is 0 Å². The molecule has 2 unspecified atom stereocenters. The van der Waals surface area contributed by atoms with E-state index in [0.717, 1.165) is 19.1 Å². The lowest BCUT2D eigenvalue weighted by Gasteiger charge is -1.97. The summed E-state index contributed by atoms with van der Waals surface area (Å²) < 4.78 is 17.8. The first-order chi connectivity index (χ1) is 18.3. The number of esters is 5. The van der Waals surface area contributed by atoms with Crippen molar-refractivity contribution in [2.75, 3.05) is 20.3 Å². The quantitative estimate of drug-likeness (QED) is 0.226. The van der Waals surface area contributed by atoms with Crippen LogP contribution in [-0.4, -0.2) is 50.2 Å². The van der Waals surface area contributed by atoms with Gasteiger partial charge in [0.2, 0.25) is 0 Å². The van der Waals surface area contributed by atoms with Crippen LogP contribution in [0.5, 0.6) is 0 Å². The Hall–Kier alpha value is -2.29. The predicted octanol–water partition coefficient (Wildman–Crippen LogP) is 6.34. The van der Waals surface area contributed by atoms with Crippen molar-refractivity contribution in [2.24, 2.45) is 11.8 Å². The predicted molar refractivity (Wildman–Crippen MR) is 147 cm³/mol. The van der Waals surface area contributed by atoms with E-state index in [0.29, 0.717) is 12.8 Å². The van der Waals surface area contributed by atoms with Crippen molar-refractivity contribution in [3.63, 3.8) is 0 Å². The average Bonchev–Trinajstić information content (AvgIpc) is 3.77. The van der Waals surface area contributed by atoms with Crippen molar-refractivity contribution >= 4 is 29.8 Å². The second-order valence-electron chi connectivity index (χ2n) is 8.28. The largest absolute Gasteiger partial charge is 0.469 e. The summed E-state index contributed by atoms with van der Waals surface area (Å²) in [5.41, 5.74) is 0. The maximum absolute atomic E-state index is 10.6. The van der Waals surface area contributed by atoms with E-state index in [4.69, 9.17) is 4.74 Å². The molecular formula is C29H54O9. The fourth-order valence-corrected chi connectivity index (χ4v) is 3.20. The number of cyclic esters (lactones) is 4. The van der Waals surface area contributed by atoms with Gasteiger partial charge in [0.15, 0.2) is 0 Å². The Bertz CT molecular complexity index is 594. The smallest absolute Gasteiger partial charge is 0.317 e. The van der Waals surface area contributed by atoms with Gasteiger partial charge < -0.3 is 18.9 Å². The van der Waals surface area contributed by atoms with Crippen LogP contribution >= 0.6 is 0 Å². The van der Waals surface area contributed by atoms with Crippen LogP contribution in [0.25, 0.3) is 0 Å². The van der Waals surface area contributed by atoms with Gasteiger partial charge in [0, 0.05) is 19.6 Å². The highest BCUT2D eigenvalue weighted by molar-refractivity contribution is 5.94. The fourth-order valence-electron chi connectivity index (χ4n) is 3.20. The summed E-state index contributed by atoms with van der Waals surface area (Å²) in [5.74, 6) is -0.989. The highest BCUT2D eigenvalue weighted by Gasteiger charge is 2.31. The van der Waals surface area contributed by atoms with Gasteiger partial charge in [0.05, 0.1) is 32.3 Å². The van der Waals surface area contributed by atoms with Gasteiger partial charge in [-0.15, -0.1) is 0 Å². The molecule has 3 heterocycles. The number of hydrogen-bond acceptors (Lipinski definition) is 9. The van der Waals surface area contributed by atoms with Crippen LogP contribution in [-0.2, 0) is 42.9 Å². The number of methoxy groups -OCH3 is 1. The maximum atomic E-state index is 10.6. The minimum atomic E-state index is -0.398. The monoisotopic (exact) mass is 546 g/mol. The van der Waals surface area contributed by atoms with Gasteiger partial charge in [-0.25, -0.2) is 0 Å². The number of rotatable bonds is 3. The van der Waals surface area contributed by atoms with Gasteiger partial charge in [0.1, 0.15) is 0 Å². The molecule has 0 aromatic carbocycles. The van der Waals surface area contributed by atoms with E-state index in [1.165, 1.54) is 52.1 Å². The summed E-state index contributed by atoms with van der Waals surface area (Å²) in [6, 6.07) is 0. The molecule has 4 rings (SSSR count). The number of hydrogen-bond donors (Lipinski definition) is 0. The van der Waals surface area contributed by atoms with Gasteiger partial charge in [0.25, 0.3) is 0 Å². The first-order valence-corrected chi connectivity index (χ1v) is 14.4. The molecular weight excluding hydrogens is 492 g/mol. The third-order valence-electron chi connectivity index (χ3n) is 5.58. The molecule has 9 nitrogen and oxygen atoms in total. The van der Waals surface area contributed by atoms with E-state index in [2.05, 4.69) is 21.1 Å². The molecule has 3 aliphatic heterocycles. The Kier molecular flexibility index (Phi) is 31.0. The standard InChI is InChI=1S/C6H8O3.C6H12O.C5H10.C4H4O3.C4H8O2.2C2H6/c1-2-4-3-5(7)9-6(4)8;1-2-6-3-4-7-5-6;1-2-4-5-3-1;5-3-1-2-4(6)7-3;1-3-4(5)6-2;2*1-2/h4H,2-3H2,1H3;6H,2-5H2,1H3;1-5H2;1-2H2;3H2,1-2H3;2*1-2H3. The topological polar surface area (TPSA) is 122 Å². The van der Waals surface area contributed by atoms with E-state index in [1.54, 1.807) is 6.92 Å². The first-order valence-electron chi connectivity index (χ1n) is 14.4. The normalized spacial score (nSPS) is 20.4. The van der Waals surface area contributed by atoms with Crippen molar-refractivity contribution < 1.29 is 42.9 Å². The Morgan fingerprint density at radius 1 is 0.789 bits per heavy atom.